The van der Waals surface area contributed by atoms with E-state index in [0.717, 1.165) is 12.8 Å². The molecule has 1 heterocycles. The second kappa shape index (κ2) is 4.97. The number of hydrogen-bond donors (Lipinski definition) is 1. The van der Waals surface area contributed by atoms with Gasteiger partial charge in [0.1, 0.15) is 0 Å². The summed E-state index contributed by atoms with van der Waals surface area (Å²) in [5, 5.41) is 9.77. The number of nitrogens with zero attached hydrogens (tertiary/aromatic N) is 1. The number of aliphatic hydroxyl groups excluding tert-OH is 1. The summed E-state index contributed by atoms with van der Waals surface area (Å²) in [7, 11) is 0. The van der Waals surface area contributed by atoms with E-state index in [4.69, 9.17) is 0 Å². The lowest BCUT2D eigenvalue weighted by Crippen LogP contribution is -2.50. The van der Waals surface area contributed by atoms with Gasteiger partial charge in [0.25, 0.3) is 0 Å². The number of carbonyl (C=O) groups is 1. The van der Waals surface area contributed by atoms with E-state index in [-0.39, 0.29) is 17.4 Å². The third-order valence-electron chi connectivity index (χ3n) is 3.27. The lowest BCUT2D eigenvalue weighted by molar-refractivity contribution is -0.137. The Balaban J connectivity index is 2.48. The molecule has 1 rings (SSSR count). The number of hydrogen-bond acceptors (Lipinski definition) is 2. The molecule has 0 aromatic heterocycles. The summed E-state index contributed by atoms with van der Waals surface area (Å²) in [5.74, 6) is 0.247. The molecule has 1 aliphatic rings. The number of piperidine rings is 1. The van der Waals surface area contributed by atoms with Gasteiger partial charge in [-0.3, -0.25) is 4.79 Å². The lowest BCUT2D eigenvalue weighted by Gasteiger charge is -2.41. The van der Waals surface area contributed by atoms with Crippen molar-refractivity contribution in [3.63, 3.8) is 0 Å². The van der Waals surface area contributed by atoms with Crippen LogP contribution in [0.2, 0.25) is 0 Å². The number of carbonyl (C=O) groups excluding carboxylic acids is 1. The van der Waals surface area contributed by atoms with Gasteiger partial charge in [-0.1, -0.05) is 27.2 Å². The Bertz CT molecular complexity index is 226. The van der Waals surface area contributed by atoms with Crippen molar-refractivity contribution in [2.75, 3.05) is 13.1 Å². The second-order valence-electron chi connectivity index (χ2n) is 5.21. The van der Waals surface area contributed by atoms with Crippen LogP contribution >= 0.6 is 0 Å². The fraction of sp³-hybridized carbons (Fsp3) is 0.917. The summed E-state index contributed by atoms with van der Waals surface area (Å²) >= 11 is 0. The molecule has 1 unspecified atom stereocenters. The van der Waals surface area contributed by atoms with Crippen molar-refractivity contribution in [2.24, 2.45) is 5.41 Å². The Labute approximate surface area is 92.5 Å². The van der Waals surface area contributed by atoms with E-state index in [9.17, 15) is 9.90 Å². The molecule has 88 valence electrons. The highest BCUT2D eigenvalue weighted by atomic mass is 16.3. The van der Waals surface area contributed by atoms with Crippen molar-refractivity contribution >= 4 is 5.91 Å². The molecule has 1 N–H and O–H groups in total. The molecular weight excluding hydrogens is 190 g/mol. The first kappa shape index (κ1) is 12.5. The predicted molar refractivity (Wildman–Crippen MR) is 60.5 cm³/mol. The van der Waals surface area contributed by atoms with Crippen LogP contribution in [0.3, 0.4) is 0 Å². The van der Waals surface area contributed by atoms with Crippen LogP contribution in [0, 0.1) is 5.41 Å². The first-order valence-corrected chi connectivity index (χ1v) is 5.93. The fourth-order valence-corrected chi connectivity index (χ4v) is 2.04. The average molecular weight is 213 g/mol. The second-order valence-corrected chi connectivity index (χ2v) is 5.21. The van der Waals surface area contributed by atoms with E-state index < -0.39 is 0 Å². The summed E-state index contributed by atoms with van der Waals surface area (Å²) in [6.07, 6.45) is 3.13. The van der Waals surface area contributed by atoms with Crippen LogP contribution in [0.1, 0.15) is 46.5 Å². The smallest absolute Gasteiger partial charge is 0.222 e. The van der Waals surface area contributed by atoms with Crippen molar-refractivity contribution in [3.8, 4) is 0 Å². The Morgan fingerprint density at radius 1 is 1.53 bits per heavy atom. The Morgan fingerprint density at radius 3 is 2.73 bits per heavy atom. The van der Waals surface area contributed by atoms with Crippen molar-refractivity contribution < 1.29 is 9.90 Å². The minimum absolute atomic E-state index is 0.153. The molecule has 0 aliphatic carbocycles. The largest absolute Gasteiger partial charge is 0.392 e. The normalized spacial score (nSPS) is 25.3. The molecule has 0 aromatic rings. The monoisotopic (exact) mass is 213 g/mol. The van der Waals surface area contributed by atoms with Gasteiger partial charge in [0, 0.05) is 24.9 Å². The van der Waals surface area contributed by atoms with Crippen LogP contribution in [0.25, 0.3) is 0 Å². The highest BCUT2D eigenvalue weighted by Crippen LogP contribution is 2.29. The van der Waals surface area contributed by atoms with Gasteiger partial charge in [-0.25, -0.2) is 0 Å². The SMILES string of the molecule is CCCCC(=O)N1CCC(O)C(C)(C)C1. The lowest BCUT2D eigenvalue weighted by atomic mass is 9.81. The first-order valence-electron chi connectivity index (χ1n) is 5.93. The summed E-state index contributed by atoms with van der Waals surface area (Å²) in [6.45, 7) is 7.55. The number of unbranched alkanes of at least 4 members (excludes halogenated alkanes) is 1. The maximum Gasteiger partial charge on any atom is 0.222 e. The van der Waals surface area contributed by atoms with Crippen LogP contribution in [-0.4, -0.2) is 35.1 Å². The van der Waals surface area contributed by atoms with Gasteiger partial charge in [0.15, 0.2) is 0 Å². The molecule has 0 saturated carbocycles. The summed E-state index contributed by atoms with van der Waals surface area (Å²) in [4.78, 5) is 13.7. The minimum Gasteiger partial charge on any atom is -0.392 e. The molecule has 0 spiro atoms. The maximum absolute atomic E-state index is 11.8. The van der Waals surface area contributed by atoms with E-state index in [1.807, 2.05) is 18.7 Å². The van der Waals surface area contributed by atoms with Crippen molar-refractivity contribution in [2.45, 2.75) is 52.6 Å². The molecule has 0 aromatic carbocycles. The summed E-state index contributed by atoms with van der Waals surface area (Å²) in [5.41, 5.74) is -0.153. The number of rotatable bonds is 3. The Morgan fingerprint density at radius 2 is 2.20 bits per heavy atom. The third kappa shape index (κ3) is 3.20. The molecule has 1 atom stereocenters. The van der Waals surface area contributed by atoms with Gasteiger partial charge < -0.3 is 10.0 Å². The number of amides is 1. The van der Waals surface area contributed by atoms with Gasteiger partial charge in [0.2, 0.25) is 5.91 Å². The average Bonchev–Trinajstić information content (AvgIpc) is 2.18. The van der Waals surface area contributed by atoms with Crippen LogP contribution in [0.15, 0.2) is 0 Å². The molecule has 0 bridgehead atoms. The van der Waals surface area contributed by atoms with E-state index in [0.29, 0.717) is 25.9 Å². The number of likely N-dealkylation sites (tertiary alicyclic amines) is 1. The van der Waals surface area contributed by atoms with Gasteiger partial charge in [-0.05, 0) is 12.8 Å². The van der Waals surface area contributed by atoms with E-state index in [2.05, 4.69) is 6.92 Å². The molecular formula is C12H23NO2. The van der Waals surface area contributed by atoms with Crippen LogP contribution in [-0.2, 0) is 4.79 Å². The van der Waals surface area contributed by atoms with Gasteiger partial charge >= 0.3 is 0 Å². The number of aliphatic hydroxyl groups is 1. The fourth-order valence-electron chi connectivity index (χ4n) is 2.04. The van der Waals surface area contributed by atoms with Crippen molar-refractivity contribution in [1.29, 1.82) is 0 Å². The molecule has 1 fully saturated rings. The third-order valence-corrected chi connectivity index (χ3v) is 3.27. The first-order chi connectivity index (χ1) is 6.97. The quantitative estimate of drug-likeness (QED) is 0.776. The van der Waals surface area contributed by atoms with Gasteiger partial charge in [-0.15, -0.1) is 0 Å². The molecule has 15 heavy (non-hydrogen) atoms. The van der Waals surface area contributed by atoms with E-state index in [1.54, 1.807) is 0 Å². The zero-order valence-electron chi connectivity index (χ0n) is 10.1. The van der Waals surface area contributed by atoms with Gasteiger partial charge in [-0.2, -0.15) is 0 Å². The minimum atomic E-state index is -0.271. The molecule has 1 amide bonds. The van der Waals surface area contributed by atoms with Crippen LogP contribution in [0.5, 0.6) is 0 Å². The Kier molecular flexibility index (Phi) is 4.14. The Hall–Kier alpha value is -0.570. The molecule has 3 nitrogen and oxygen atoms in total. The molecule has 3 heteroatoms. The zero-order chi connectivity index (χ0) is 11.5. The molecule has 0 radical (unpaired) electrons. The van der Waals surface area contributed by atoms with Gasteiger partial charge in [0.05, 0.1) is 6.10 Å². The van der Waals surface area contributed by atoms with Crippen LogP contribution < -0.4 is 0 Å². The van der Waals surface area contributed by atoms with E-state index >= 15 is 0 Å². The topological polar surface area (TPSA) is 40.5 Å². The molecule has 1 saturated heterocycles. The predicted octanol–water partition coefficient (Wildman–Crippen LogP) is 1.80. The highest BCUT2D eigenvalue weighted by molar-refractivity contribution is 5.76. The maximum atomic E-state index is 11.8. The zero-order valence-corrected chi connectivity index (χ0v) is 10.1. The van der Waals surface area contributed by atoms with Crippen molar-refractivity contribution in [3.05, 3.63) is 0 Å². The summed E-state index contributed by atoms with van der Waals surface area (Å²) < 4.78 is 0. The summed E-state index contributed by atoms with van der Waals surface area (Å²) in [6, 6.07) is 0. The van der Waals surface area contributed by atoms with Crippen LogP contribution in [0.4, 0.5) is 0 Å². The standard InChI is InChI=1S/C12H23NO2/c1-4-5-6-11(15)13-8-7-10(14)12(2,3)9-13/h10,14H,4-9H2,1-3H3. The van der Waals surface area contributed by atoms with Crippen molar-refractivity contribution in [1.82, 2.24) is 4.90 Å². The molecule has 1 aliphatic heterocycles. The highest BCUT2D eigenvalue weighted by Gasteiger charge is 2.35. The van der Waals surface area contributed by atoms with E-state index in [1.165, 1.54) is 0 Å².